The first kappa shape index (κ1) is 14.3. The fourth-order valence-electron chi connectivity index (χ4n) is 2.88. The zero-order valence-corrected chi connectivity index (χ0v) is 13.8. The second-order valence-electron chi connectivity index (χ2n) is 5.69. The molecule has 0 saturated carbocycles. The van der Waals surface area contributed by atoms with Crippen molar-refractivity contribution in [1.29, 1.82) is 0 Å². The molecule has 1 aromatic heterocycles. The van der Waals surface area contributed by atoms with Crippen molar-refractivity contribution < 1.29 is 0 Å². The van der Waals surface area contributed by atoms with E-state index in [2.05, 4.69) is 56.1 Å². The lowest BCUT2D eigenvalue weighted by atomic mass is 10.1. The Labute approximate surface area is 130 Å². The second kappa shape index (κ2) is 6.02. The van der Waals surface area contributed by atoms with Gasteiger partial charge in [0.15, 0.2) is 0 Å². The molecule has 0 amide bonds. The molecule has 0 N–H and O–H groups in total. The highest BCUT2D eigenvalue weighted by molar-refractivity contribution is 7.13. The zero-order valence-electron chi connectivity index (χ0n) is 13.0. The van der Waals surface area contributed by atoms with Crippen molar-refractivity contribution in [3.05, 3.63) is 45.8 Å². The Bertz CT molecular complexity index is 758. The van der Waals surface area contributed by atoms with Crippen LogP contribution in [0.3, 0.4) is 0 Å². The van der Waals surface area contributed by atoms with Crippen molar-refractivity contribution in [3.63, 3.8) is 0 Å². The van der Waals surface area contributed by atoms with Crippen molar-refractivity contribution in [1.82, 2.24) is 4.90 Å². The summed E-state index contributed by atoms with van der Waals surface area (Å²) in [4.78, 5) is 8.45. The molecule has 1 aromatic carbocycles. The van der Waals surface area contributed by atoms with Gasteiger partial charge in [0.05, 0.1) is 9.89 Å². The Morgan fingerprint density at radius 1 is 1.29 bits per heavy atom. The molecule has 0 atom stereocenters. The SMILES string of the molecule is CCCN(C)C1=c2sc(-c3cccc(C)c3)cc2=NCC1. The smallest absolute Gasteiger partial charge is 0.0778 e. The van der Waals surface area contributed by atoms with Crippen LogP contribution in [-0.4, -0.2) is 25.0 Å². The number of fused-ring (bicyclic) bond motifs is 1. The molecule has 0 aliphatic carbocycles. The third kappa shape index (κ3) is 2.88. The van der Waals surface area contributed by atoms with Crippen LogP contribution in [0.25, 0.3) is 16.1 Å². The Morgan fingerprint density at radius 3 is 2.90 bits per heavy atom. The van der Waals surface area contributed by atoms with E-state index in [4.69, 9.17) is 4.99 Å². The first-order valence-electron chi connectivity index (χ1n) is 7.64. The summed E-state index contributed by atoms with van der Waals surface area (Å²) in [6.45, 7) is 6.42. The van der Waals surface area contributed by atoms with Gasteiger partial charge in [-0.1, -0.05) is 36.8 Å². The maximum Gasteiger partial charge on any atom is 0.0778 e. The van der Waals surface area contributed by atoms with E-state index in [0.717, 1.165) is 19.5 Å². The fraction of sp³-hybridized carbons (Fsp3) is 0.389. The van der Waals surface area contributed by atoms with Gasteiger partial charge in [-0.2, -0.15) is 0 Å². The molecule has 2 nitrogen and oxygen atoms in total. The van der Waals surface area contributed by atoms with E-state index in [-0.39, 0.29) is 0 Å². The van der Waals surface area contributed by atoms with E-state index in [0.29, 0.717) is 0 Å². The summed E-state index contributed by atoms with van der Waals surface area (Å²) in [6.07, 6.45) is 2.25. The van der Waals surface area contributed by atoms with Gasteiger partial charge in [-0.15, -0.1) is 11.3 Å². The van der Waals surface area contributed by atoms with Gasteiger partial charge in [0.2, 0.25) is 0 Å². The van der Waals surface area contributed by atoms with Crippen LogP contribution in [-0.2, 0) is 0 Å². The van der Waals surface area contributed by atoms with Gasteiger partial charge in [0.1, 0.15) is 0 Å². The van der Waals surface area contributed by atoms with Crippen LogP contribution >= 0.6 is 11.3 Å². The molecule has 3 heteroatoms. The summed E-state index contributed by atoms with van der Waals surface area (Å²) in [5.74, 6) is 0. The molecular formula is C18H22N2S. The Hall–Kier alpha value is -1.61. The summed E-state index contributed by atoms with van der Waals surface area (Å²) in [5.41, 5.74) is 4.08. The summed E-state index contributed by atoms with van der Waals surface area (Å²) in [5, 5.41) is 1.18. The van der Waals surface area contributed by atoms with Gasteiger partial charge in [0, 0.05) is 37.1 Å². The highest BCUT2D eigenvalue weighted by Crippen LogP contribution is 2.23. The third-order valence-corrected chi connectivity index (χ3v) is 5.15. The first-order chi connectivity index (χ1) is 10.2. The number of hydrogen-bond donors (Lipinski definition) is 0. The van der Waals surface area contributed by atoms with Gasteiger partial charge < -0.3 is 4.90 Å². The van der Waals surface area contributed by atoms with Crippen LogP contribution in [0.5, 0.6) is 0 Å². The van der Waals surface area contributed by atoms with Gasteiger partial charge in [-0.25, -0.2) is 0 Å². The van der Waals surface area contributed by atoms with Crippen LogP contribution in [0.15, 0.2) is 35.3 Å². The average Bonchev–Trinajstić information content (AvgIpc) is 2.91. The van der Waals surface area contributed by atoms with E-state index < -0.39 is 0 Å². The molecule has 0 bridgehead atoms. The summed E-state index contributed by atoms with van der Waals surface area (Å²) < 4.78 is 1.37. The van der Waals surface area contributed by atoms with Gasteiger partial charge in [0.25, 0.3) is 0 Å². The standard InChI is InChI=1S/C18H22N2S/c1-4-10-20(3)16-8-9-19-15-12-17(21-18(15)16)14-7-5-6-13(2)11-14/h5-7,11-12H,4,8-10H2,1-3H3. The van der Waals surface area contributed by atoms with Gasteiger partial charge >= 0.3 is 0 Å². The van der Waals surface area contributed by atoms with Crippen molar-refractivity contribution in [2.45, 2.75) is 26.7 Å². The second-order valence-corrected chi connectivity index (χ2v) is 6.75. The number of benzene rings is 1. The normalized spacial score (nSPS) is 13.8. The largest absolute Gasteiger partial charge is 0.377 e. The predicted molar refractivity (Wildman–Crippen MR) is 91.1 cm³/mol. The molecule has 1 aliphatic rings. The zero-order chi connectivity index (χ0) is 14.8. The molecule has 1 aliphatic heterocycles. The average molecular weight is 298 g/mol. The first-order valence-corrected chi connectivity index (χ1v) is 8.46. The predicted octanol–water partition coefficient (Wildman–Crippen LogP) is 3.20. The monoisotopic (exact) mass is 298 g/mol. The van der Waals surface area contributed by atoms with Crippen LogP contribution in [0.2, 0.25) is 0 Å². The lowest BCUT2D eigenvalue weighted by Gasteiger charge is -2.22. The number of aryl methyl sites for hydroxylation is 1. The number of nitrogens with zero attached hydrogens (tertiary/aromatic N) is 2. The number of thiophene rings is 1. The quantitative estimate of drug-likeness (QED) is 0.846. The maximum absolute atomic E-state index is 4.72. The van der Waals surface area contributed by atoms with Crippen LogP contribution < -0.4 is 9.89 Å². The van der Waals surface area contributed by atoms with Crippen molar-refractivity contribution >= 4 is 17.0 Å². The molecule has 0 unspecified atom stereocenters. The fourth-order valence-corrected chi connectivity index (χ4v) is 4.12. The highest BCUT2D eigenvalue weighted by atomic mass is 32.1. The molecule has 0 radical (unpaired) electrons. The van der Waals surface area contributed by atoms with Crippen LogP contribution in [0, 0.1) is 6.92 Å². The molecule has 2 aromatic rings. The minimum atomic E-state index is 0.917. The Balaban J connectivity index is 2.12. The summed E-state index contributed by atoms with van der Waals surface area (Å²) in [6, 6.07) is 11.0. The lowest BCUT2D eigenvalue weighted by molar-refractivity contribution is 0.457. The summed E-state index contributed by atoms with van der Waals surface area (Å²) >= 11 is 1.89. The molecular weight excluding hydrogens is 276 g/mol. The Kier molecular flexibility index (Phi) is 4.11. The van der Waals surface area contributed by atoms with Crippen molar-refractivity contribution in [2.75, 3.05) is 20.1 Å². The Morgan fingerprint density at radius 2 is 2.14 bits per heavy atom. The van der Waals surface area contributed by atoms with Crippen molar-refractivity contribution in [2.24, 2.45) is 4.99 Å². The van der Waals surface area contributed by atoms with E-state index in [1.54, 1.807) is 0 Å². The minimum absolute atomic E-state index is 0.917. The van der Waals surface area contributed by atoms with Gasteiger partial charge in [-0.3, -0.25) is 4.99 Å². The highest BCUT2D eigenvalue weighted by Gasteiger charge is 2.13. The molecule has 3 rings (SSSR count). The molecule has 2 heterocycles. The summed E-state index contributed by atoms with van der Waals surface area (Å²) in [7, 11) is 2.21. The van der Waals surface area contributed by atoms with E-state index in [9.17, 15) is 0 Å². The molecule has 0 spiro atoms. The van der Waals surface area contributed by atoms with E-state index in [1.807, 2.05) is 11.3 Å². The minimum Gasteiger partial charge on any atom is -0.377 e. The topological polar surface area (TPSA) is 15.6 Å². The van der Waals surface area contributed by atoms with E-state index >= 15 is 0 Å². The third-order valence-electron chi connectivity index (χ3n) is 3.93. The lowest BCUT2D eigenvalue weighted by Crippen LogP contribution is -2.33. The van der Waals surface area contributed by atoms with Crippen molar-refractivity contribution in [3.8, 4) is 10.4 Å². The number of rotatable bonds is 4. The van der Waals surface area contributed by atoms with Crippen LogP contribution in [0.4, 0.5) is 0 Å². The molecule has 0 saturated heterocycles. The number of hydrogen-bond acceptors (Lipinski definition) is 3. The van der Waals surface area contributed by atoms with Gasteiger partial charge in [-0.05, 0) is 25.0 Å². The molecule has 21 heavy (non-hydrogen) atoms. The maximum atomic E-state index is 4.72. The van der Waals surface area contributed by atoms with E-state index in [1.165, 1.54) is 38.0 Å². The van der Waals surface area contributed by atoms with Crippen LogP contribution in [0.1, 0.15) is 25.3 Å². The molecule has 0 fully saturated rings. The molecule has 110 valence electrons.